The first-order valence-corrected chi connectivity index (χ1v) is 10.4. The van der Waals surface area contributed by atoms with Crippen LogP contribution in [0.1, 0.15) is 16.7 Å². The Bertz CT molecular complexity index is 1120. The average molecular weight is 394 g/mol. The van der Waals surface area contributed by atoms with Gasteiger partial charge in [-0.2, -0.15) is 0 Å². The standard InChI is InChI=1S/C23H22O4S/c1-16-9-12-22(27-3)23(13-16)28(25,26)15-20-14-19(10-11-21(20)17(2)24)18-7-5-4-6-8-18/h4-14,24H,2,15H2,1,3H3. The monoisotopic (exact) mass is 394 g/mol. The zero-order chi connectivity index (χ0) is 20.3. The summed E-state index contributed by atoms with van der Waals surface area (Å²) in [6.45, 7) is 5.40. The fraction of sp³-hybridized carbons (Fsp3) is 0.130. The first-order valence-electron chi connectivity index (χ1n) is 8.76. The van der Waals surface area contributed by atoms with Crippen molar-refractivity contribution in [2.75, 3.05) is 7.11 Å². The molecule has 0 aliphatic carbocycles. The quantitative estimate of drug-likeness (QED) is 0.586. The molecule has 0 radical (unpaired) electrons. The van der Waals surface area contributed by atoms with Gasteiger partial charge in [-0.1, -0.05) is 55.1 Å². The molecule has 1 N–H and O–H groups in total. The summed E-state index contributed by atoms with van der Waals surface area (Å²) in [4.78, 5) is 0.134. The van der Waals surface area contributed by atoms with Crippen molar-refractivity contribution in [2.24, 2.45) is 0 Å². The highest BCUT2D eigenvalue weighted by molar-refractivity contribution is 7.90. The smallest absolute Gasteiger partial charge is 0.186 e. The molecule has 0 fully saturated rings. The number of aliphatic hydroxyl groups excluding tert-OH is 1. The molecule has 4 nitrogen and oxygen atoms in total. The second-order valence-electron chi connectivity index (χ2n) is 6.60. The van der Waals surface area contributed by atoms with E-state index in [1.165, 1.54) is 7.11 Å². The van der Waals surface area contributed by atoms with Gasteiger partial charge in [0.25, 0.3) is 0 Å². The second kappa shape index (κ2) is 7.90. The molecule has 0 atom stereocenters. The molecule has 3 rings (SSSR count). The van der Waals surface area contributed by atoms with Crippen LogP contribution in [0.25, 0.3) is 16.9 Å². The lowest BCUT2D eigenvalue weighted by Crippen LogP contribution is -2.09. The summed E-state index contributed by atoms with van der Waals surface area (Å²) in [7, 11) is -2.27. The average Bonchev–Trinajstić information content (AvgIpc) is 2.68. The number of ether oxygens (including phenoxy) is 1. The Morgan fingerprint density at radius 3 is 2.36 bits per heavy atom. The maximum absolute atomic E-state index is 13.2. The number of aryl methyl sites for hydroxylation is 1. The number of benzene rings is 3. The van der Waals surface area contributed by atoms with Crippen LogP contribution >= 0.6 is 0 Å². The molecule has 3 aromatic carbocycles. The van der Waals surface area contributed by atoms with E-state index in [1.807, 2.05) is 43.3 Å². The van der Waals surface area contributed by atoms with Gasteiger partial charge >= 0.3 is 0 Å². The lowest BCUT2D eigenvalue weighted by molar-refractivity contribution is 0.402. The first kappa shape index (κ1) is 19.7. The molecule has 0 heterocycles. The number of hydrogen-bond acceptors (Lipinski definition) is 4. The Hall–Kier alpha value is -3.05. The first-order chi connectivity index (χ1) is 13.3. The third kappa shape index (κ3) is 4.10. The molecule has 28 heavy (non-hydrogen) atoms. The van der Waals surface area contributed by atoms with Crippen LogP contribution in [0.3, 0.4) is 0 Å². The van der Waals surface area contributed by atoms with Gasteiger partial charge < -0.3 is 9.84 Å². The van der Waals surface area contributed by atoms with Crippen LogP contribution in [0.15, 0.2) is 78.2 Å². The van der Waals surface area contributed by atoms with Crippen molar-refractivity contribution in [1.29, 1.82) is 0 Å². The molecular formula is C23H22O4S. The summed E-state index contributed by atoms with van der Waals surface area (Å²) < 4.78 is 31.6. The van der Waals surface area contributed by atoms with Gasteiger partial charge in [-0.25, -0.2) is 8.42 Å². The highest BCUT2D eigenvalue weighted by Crippen LogP contribution is 2.31. The summed E-state index contributed by atoms with van der Waals surface area (Å²) in [5.74, 6) is -0.141. The van der Waals surface area contributed by atoms with Crippen molar-refractivity contribution in [3.63, 3.8) is 0 Å². The van der Waals surface area contributed by atoms with Crippen molar-refractivity contribution < 1.29 is 18.3 Å². The Kier molecular flexibility index (Phi) is 5.56. The largest absolute Gasteiger partial charge is 0.508 e. The predicted molar refractivity (Wildman–Crippen MR) is 112 cm³/mol. The number of aliphatic hydroxyl groups is 1. The van der Waals surface area contributed by atoms with Crippen molar-refractivity contribution >= 4 is 15.6 Å². The highest BCUT2D eigenvalue weighted by Gasteiger charge is 2.23. The molecule has 0 aromatic heterocycles. The summed E-state index contributed by atoms with van der Waals surface area (Å²) in [5.41, 5.74) is 3.55. The Balaban J connectivity index is 2.10. The highest BCUT2D eigenvalue weighted by atomic mass is 32.2. The molecule has 0 aliphatic heterocycles. The van der Waals surface area contributed by atoms with Crippen LogP contribution in [0, 0.1) is 6.92 Å². The third-order valence-electron chi connectivity index (χ3n) is 4.52. The lowest BCUT2D eigenvalue weighted by Gasteiger charge is -2.14. The van der Waals surface area contributed by atoms with Crippen molar-refractivity contribution in [3.05, 3.63) is 90.0 Å². The van der Waals surface area contributed by atoms with Gasteiger partial charge in [0, 0.05) is 5.56 Å². The van der Waals surface area contributed by atoms with Gasteiger partial charge in [-0.05, 0) is 47.4 Å². The molecule has 3 aromatic rings. The van der Waals surface area contributed by atoms with E-state index in [-0.39, 0.29) is 16.4 Å². The second-order valence-corrected chi connectivity index (χ2v) is 8.56. The van der Waals surface area contributed by atoms with Crippen molar-refractivity contribution in [1.82, 2.24) is 0 Å². The summed E-state index contributed by atoms with van der Waals surface area (Å²) in [6.07, 6.45) is 0. The number of rotatable bonds is 6. The van der Waals surface area contributed by atoms with Crippen LogP contribution in [0.2, 0.25) is 0 Å². The summed E-state index contributed by atoms with van der Waals surface area (Å²) in [6, 6.07) is 20.0. The van der Waals surface area contributed by atoms with E-state index in [4.69, 9.17) is 4.74 Å². The normalized spacial score (nSPS) is 11.2. The number of methoxy groups -OCH3 is 1. The zero-order valence-electron chi connectivity index (χ0n) is 15.8. The van der Waals surface area contributed by atoms with E-state index >= 15 is 0 Å². The molecule has 0 spiro atoms. The SMILES string of the molecule is C=C(O)c1ccc(-c2ccccc2)cc1CS(=O)(=O)c1cc(C)ccc1OC. The van der Waals surface area contributed by atoms with Crippen LogP contribution < -0.4 is 4.74 Å². The van der Waals surface area contributed by atoms with Gasteiger partial charge in [0.1, 0.15) is 16.4 Å². The van der Waals surface area contributed by atoms with Gasteiger partial charge in [0.05, 0.1) is 12.9 Å². The molecule has 0 unspecified atom stereocenters. The molecule has 0 amide bonds. The van der Waals surface area contributed by atoms with Gasteiger partial charge in [-0.15, -0.1) is 0 Å². The molecule has 144 valence electrons. The minimum absolute atomic E-state index is 0.134. The maximum Gasteiger partial charge on any atom is 0.186 e. The molecule has 0 aliphatic rings. The minimum Gasteiger partial charge on any atom is -0.508 e. The summed E-state index contributed by atoms with van der Waals surface area (Å²) >= 11 is 0. The Morgan fingerprint density at radius 1 is 1.00 bits per heavy atom. The zero-order valence-corrected chi connectivity index (χ0v) is 16.7. The van der Waals surface area contributed by atoms with E-state index < -0.39 is 9.84 Å². The van der Waals surface area contributed by atoms with Crippen LogP contribution in [-0.2, 0) is 15.6 Å². The predicted octanol–water partition coefficient (Wildman–Crippen LogP) is 5.17. The fourth-order valence-corrected chi connectivity index (χ4v) is 4.74. The van der Waals surface area contributed by atoms with Crippen molar-refractivity contribution in [2.45, 2.75) is 17.6 Å². The molecule has 5 heteroatoms. The Morgan fingerprint density at radius 2 is 1.71 bits per heavy atom. The van der Waals surface area contributed by atoms with Crippen molar-refractivity contribution in [3.8, 4) is 16.9 Å². The fourth-order valence-electron chi connectivity index (χ4n) is 3.11. The lowest BCUT2D eigenvalue weighted by atomic mass is 9.99. The van der Waals surface area contributed by atoms with E-state index in [1.54, 1.807) is 30.3 Å². The minimum atomic E-state index is -3.71. The van der Waals surface area contributed by atoms with Crippen LogP contribution in [0.4, 0.5) is 0 Å². The van der Waals surface area contributed by atoms with Gasteiger partial charge in [0.15, 0.2) is 9.84 Å². The maximum atomic E-state index is 13.2. The van der Waals surface area contributed by atoms with E-state index in [0.717, 1.165) is 16.7 Å². The molecular weight excluding hydrogens is 372 g/mol. The Labute approximate surface area is 165 Å². The summed E-state index contributed by atoms with van der Waals surface area (Å²) in [5, 5.41) is 9.96. The molecule has 0 saturated heterocycles. The van der Waals surface area contributed by atoms with Gasteiger partial charge in [0.2, 0.25) is 0 Å². The molecule has 0 saturated carbocycles. The number of sulfone groups is 1. The van der Waals surface area contributed by atoms with E-state index in [0.29, 0.717) is 16.9 Å². The van der Waals surface area contributed by atoms with Crippen LogP contribution in [-0.4, -0.2) is 20.6 Å². The van der Waals surface area contributed by atoms with E-state index in [2.05, 4.69) is 6.58 Å². The van der Waals surface area contributed by atoms with Gasteiger partial charge in [-0.3, -0.25) is 0 Å². The van der Waals surface area contributed by atoms with E-state index in [9.17, 15) is 13.5 Å². The third-order valence-corrected chi connectivity index (χ3v) is 6.20. The van der Waals surface area contributed by atoms with Crippen LogP contribution in [0.5, 0.6) is 5.75 Å². The topological polar surface area (TPSA) is 63.6 Å². The molecule has 0 bridgehead atoms. The number of hydrogen-bond donors (Lipinski definition) is 1.